The van der Waals surface area contributed by atoms with E-state index in [-0.39, 0.29) is 29.7 Å². The largest absolute Gasteiger partial charge is 0.340 e. The average molecular weight is 474 g/mol. The molecule has 8 heteroatoms. The summed E-state index contributed by atoms with van der Waals surface area (Å²) in [6.45, 7) is 7.91. The van der Waals surface area contributed by atoms with Gasteiger partial charge >= 0.3 is 0 Å². The van der Waals surface area contributed by atoms with Crippen LogP contribution in [0.4, 0.5) is 5.69 Å². The third-order valence-corrected chi connectivity index (χ3v) is 7.02. The molecular weight excluding hydrogens is 442 g/mol. The van der Waals surface area contributed by atoms with Crippen molar-refractivity contribution in [2.45, 2.75) is 32.7 Å². The van der Waals surface area contributed by atoms with Gasteiger partial charge in [0.2, 0.25) is 11.8 Å². The number of hydrogen-bond donors (Lipinski definition) is 0. The number of aromatic nitrogens is 2. The lowest BCUT2D eigenvalue weighted by atomic mass is 10.0. The Labute approximate surface area is 204 Å². The Morgan fingerprint density at radius 1 is 1.03 bits per heavy atom. The smallest absolute Gasteiger partial charge is 0.258 e. The summed E-state index contributed by atoms with van der Waals surface area (Å²) < 4.78 is 1.53. The number of carbonyl (C=O) groups excluding carboxylic acids is 2. The highest BCUT2D eigenvalue weighted by Crippen LogP contribution is 2.29. The Kier molecular flexibility index (Phi) is 6.38. The molecule has 8 nitrogen and oxygen atoms in total. The number of fused-ring (bicyclic) bond motifs is 1. The second-order valence-corrected chi connectivity index (χ2v) is 9.77. The molecule has 0 bridgehead atoms. The first-order chi connectivity index (χ1) is 16.9. The van der Waals surface area contributed by atoms with Gasteiger partial charge in [-0.2, -0.15) is 0 Å². The SMILES string of the molecule is CC(C)c1cccc(N2CC(C(=O)N3CCN(Cc4cc(=O)n5ccccc5n4)CC3)CC2=O)c1. The molecule has 1 atom stereocenters. The van der Waals surface area contributed by atoms with Gasteiger partial charge in [-0.15, -0.1) is 0 Å². The van der Waals surface area contributed by atoms with Gasteiger partial charge in [0, 0.05) is 63.6 Å². The topological polar surface area (TPSA) is 78.2 Å². The molecule has 2 aliphatic heterocycles. The maximum Gasteiger partial charge on any atom is 0.258 e. The van der Waals surface area contributed by atoms with E-state index in [1.165, 1.54) is 9.96 Å². The average Bonchev–Trinajstić information content (AvgIpc) is 3.26. The third-order valence-electron chi connectivity index (χ3n) is 7.02. The summed E-state index contributed by atoms with van der Waals surface area (Å²) in [7, 11) is 0. The molecule has 0 spiro atoms. The molecule has 2 saturated heterocycles. The molecule has 2 aromatic heterocycles. The van der Waals surface area contributed by atoms with Crippen molar-refractivity contribution < 1.29 is 9.59 Å². The molecule has 3 aromatic rings. The van der Waals surface area contributed by atoms with Gasteiger partial charge in [0.1, 0.15) is 5.65 Å². The van der Waals surface area contributed by atoms with Gasteiger partial charge in [-0.1, -0.05) is 32.0 Å². The number of carbonyl (C=O) groups is 2. The summed E-state index contributed by atoms with van der Waals surface area (Å²) in [6, 6.07) is 15.1. The first kappa shape index (κ1) is 23.2. The van der Waals surface area contributed by atoms with E-state index in [0.29, 0.717) is 50.8 Å². The van der Waals surface area contributed by atoms with Crippen LogP contribution in [0, 0.1) is 5.92 Å². The van der Waals surface area contributed by atoms with Crippen molar-refractivity contribution in [2.75, 3.05) is 37.6 Å². The summed E-state index contributed by atoms with van der Waals surface area (Å²) in [6.07, 6.45) is 1.98. The predicted octanol–water partition coefficient (Wildman–Crippen LogP) is 2.52. The molecule has 0 aliphatic carbocycles. The molecule has 2 amide bonds. The van der Waals surface area contributed by atoms with Crippen LogP contribution >= 0.6 is 0 Å². The number of hydrogen-bond acceptors (Lipinski definition) is 5. The van der Waals surface area contributed by atoms with Crippen LogP contribution in [-0.4, -0.2) is 63.7 Å². The highest BCUT2D eigenvalue weighted by atomic mass is 16.2. The number of amides is 2. The second-order valence-electron chi connectivity index (χ2n) is 9.77. The molecule has 5 rings (SSSR count). The molecule has 2 aliphatic rings. The fourth-order valence-electron chi connectivity index (χ4n) is 4.97. The van der Waals surface area contributed by atoms with E-state index >= 15 is 0 Å². The Hall–Kier alpha value is -3.52. The number of pyridine rings is 1. The zero-order chi connectivity index (χ0) is 24.5. The fourth-order valence-corrected chi connectivity index (χ4v) is 4.97. The molecule has 1 unspecified atom stereocenters. The maximum absolute atomic E-state index is 13.2. The van der Waals surface area contributed by atoms with Gasteiger partial charge < -0.3 is 9.80 Å². The Morgan fingerprint density at radius 2 is 1.83 bits per heavy atom. The van der Waals surface area contributed by atoms with Crippen LogP contribution in [0.1, 0.15) is 37.4 Å². The summed E-state index contributed by atoms with van der Waals surface area (Å²) in [5.74, 6) is 0.142. The van der Waals surface area contributed by atoms with Crippen molar-refractivity contribution in [3.8, 4) is 0 Å². The summed E-state index contributed by atoms with van der Waals surface area (Å²) >= 11 is 0. The van der Waals surface area contributed by atoms with Crippen molar-refractivity contribution in [3.63, 3.8) is 0 Å². The minimum Gasteiger partial charge on any atom is -0.340 e. The van der Waals surface area contributed by atoms with E-state index in [9.17, 15) is 14.4 Å². The fraction of sp³-hybridized carbons (Fsp3) is 0.407. The minimum atomic E-state index is -0.307. The highest BCUT2D eigenvalue weighted by molar-refractivity contribution is 6.00. The number of nitrogens with zero attached hydrogens (tertiary/aromatic N) is 5. The zero-order valence-corrected chi connectivity index (χ0v) is 20.3. The first-order valence-electron chi connectivity index (χ1n) is 12.3. The second kappa shape index (κ2) is 9.62. The van der Waals surface area contributed by atoms with E-state index in [0.717, 1.165) is 11.4 Å². The minimum absolute atomic E-state index is 0.0107. The highest BCUT2D eigenvalue weighted by Gasteiger charge is 2.38. The van der Waals surface area contributed by atoms with E-state index in [1.807, 2.05) is 35.2 Å². The van der Waals surface area contributed by atoms with Crippen molar-refractivity contribution in [3.05, 3.63) is 76.3 Å². The van der Waals surface area contributed by atoms with Crippen LogP contribution in [0.2, 0.25) is 0 Å². The standard InChI is InChI=1S/C27H31N5O3/c1-19(2)20-6-5-7-23(14-20)32-17-21(15-25(32)33)27(35)30-12-10-29(11-13-30)18-22-16-26(34)31-9-4-3-8-24(31)28-22/h3-9,14,16,19,21H,10-13,15,17-18H2,1-2H3. The summed E-state index contributed by atoms with van der Waals surface area (Å²) in [5.41, 5.74) is 3.35. The third kappa shape index (κ3) is 4.84. The molecule has 1 aromatic carbocycles. The molecule has 2 fully saturated rings. The number of piperazine rings is 1. The van der Waals surface area contributed by atoms with Crippen molar-refractivity contribution >= 4 is 23.1 Å². The van der Waals surface area contributed by atoms with E-state index < -0.39 is 0 Å². The molecule has 182 valence electrons. The van der Waals surface area contributed by atoms with Crippen LogP contribution in [0.25, 0.3) is 5.65 Å². The Bertz CT molecular complexity index is 1310. The predicted molar refractivity (Wildman–Crippen MR) is 134 cm³/mol. The summed E-state index contributed by atoms with van der Waals surface area (Å²) in [5, 5.41) is 0. The van der Waals surface area contributed by atoms with Gasteiger partial charge in [-0.05, 0) is 35.7 Å². The Morgan fingerprint density at radius 3 is 2.60 bits per heavy atom. The van der Waals surface area contributed by atoms with E-state index in [1.54, 1.807) is 17.2 Å². The Balaban J connectivity index is 1.19. The molecule has 4 heterocycles. The van der Waals surface area contributed by atoms with Crippen molar-refractivity contribution in [2.24, 2.45) is 5.92 Å². The van der Waals surface area contributed by atoms with Gasteiger partial charge in [0.25, 0.3) is 5.56 Å². The lowest BCUT2D eigenvalue weighted by Crippen LogP contribution is -2.50. The zero-order valence-electron chi connectivity index (χ0n) is 20.3. The monoisotopic (exact) mass is 473 g/mol. The number of benzene rings is 1. The van der Waals surface area contributed by atoms with Crippen molar-refractivity contribution in [1.29, 1.82) is 0 Å². The molecule has 0 saturated carbocycles. The van der Waals surface area contributed by atoms with Gasteiger partial charge in [-0.3, -0.25) is 23.7 Å². The number of anilines is 1. The lowest BCUT2D eigenvalue weighted by molar-refractivity contribution is -0.137. The van der Waals surface area contributed by atoms with Crippen LogP contribution in [0.3, 0.4) is 0 Å². The van der Waals surface area contributed by atoms with Gasteiger partial charge in [0.05, 0.1) is 11.6 Å². The summed E-state index contributed by atoms with van der Waals surface area (Å²) in [4.78, 5) is 48.8. The lowest BCUT2D eigenvalue weighted by Gasteiger charge is -2.35. The quantitative estimate of drug-likeness (QED) is 0.569. The first-order valence-corrected chi connectivity index (χ1v) is 12.3. The van der Waals surface area contributed by atoms with Crippen molar-refractivity contribution in [1.82, 2.24) is 19.2 Å². The maximum atomic E-state index is 13.2. The number of rotatable bonds is 5. The van der Waals surface area contributed by atoms with E-state index in [2.05, 4.69) is 35.9 Å². The molecule has 0 radical (unpaired) electrons. The van der Waals surface area contributed by atoms with Crippen LogP contribution in [0.15, 0.2) is 59.5 Å². The molecular formula is C27H31N5O3. The van der Waals surface area contributed by atoms with Gasteiger partial charge in [-0.25, -0.2) is 4.98 Å². The van der Waals surface area contributed by atoms with Crippen LogP contribution in [-0.2, 0) is 16.1 Å². The normalized spacial score (nSPS) is 19.2. The van der Waals surface area contributed by atoms with Gasteiger partial charge in [0.15, 0.2) is 0 Å². The van der Waals surface area contributed by atoms with Crippen LogP contribution < -0.4 is 10.5 Å². The molecule has 0 N–H and O–H groups in total. The van der Waals surface area contributed by atoms with Crippen LogP contribution in [0.5, 0.6) is 0 Å². The molecule has 35 heavy (non-hydrogen) atoms. The van der Waals surface area contributed by atoms with E-state index in [4.69, 9.17) is 0 Å².